The van der Waals surface area contributed by atoms with Crippen LogP contribution in [0.2, 0.25) is 10.3 Å². The van der Waals surface area contributed by atoms with Gasteiger partial charge in [0.2, 0.25) is 5.28 Å². The van der Waals surface area contributed by atoms with Crippen molar-refractivity contribution in [1.29, 1.82) is 0 Å². The van der Waals surface area contributed by atoms with E-state index in [-0.39, 0.29) is 17.2 Å². The van der Waals surface area contributed by atoms with Gasteiger partial charge in [-0.1, -0.05) is 17.7 Å². The molecule has 0 bridgehead atoms. The van der Waals surface area contributed by atoms with Crippen LogP contribution in [0.4, 0.5) is 0 Å². The number of benzene rings is 1. The van der Waals surface area contributed by atoms with Crippen LogP contribution >= 0.6 is 23.2 Å². The summed E-state index contributed by atoms with van der Waals surface area (Å²) in [5, 5.41) is 4.50. The Hall–Kier alpha value is -2.18. The Kier molecular flexibility index (Phi) is 3.72. The van der Waals surface area contributed by atoms with Gasteiger partial charge in [-0.2, -0.15) is 20.1 Å². The van der Waals surface area contributed by atoms with Crippen LogP contribution in [0.1, 0.15) is 5.56 Å². The van der Waals surface area contributed by atoms with Crippen LogP contribution in [-0.4, -0.2) is 24.7 Å². The largest absolute Gasteiger partial charge is 0.423 e. The van der Waals surface area contributed by atoms with E-state index in [1.165, 1.54) is 4.68 Å². The van der Waals surface area contributed by atoms with Crippen molar-refractivity contribution < 1.29 is 4.74 Å². The fraction of sp³-hybridized carbons (Fsp3) is 0.0769. The highest BCUT2D eigenvalue weighted by atomic mass is 35.5. The molecule has 106 valence electrons. The summed E-state index contributed by atoms with van der Waals surface area (Å²) in [7, 11) is 0. The predicted octanol–water partition coefficient (Wildman–Crippen LogP) is 3.46. The highest BCUT2D eigenvalue weighted by Crippen LogP contribution is 2.29. The molecule has 0 atom stereocenters. The van der Waals surface area contributed by atoms with Crippen LogP contribution in [0.25, 0.3) is 5.95 Å². The molecule has 0 spiro atoms. The molecule has 0 aliphatic heterocycles. The zero-order valence-corrected chi connectivity index (χ0v) is 12.4. The topological polar surface area (TPSA) is 65.7 Å². The minimum atomic E-state index is 0.00859. The van der Waals surface area contributed by atoms with Gasteiger partial charge in [0.05, 0.1) is 5.02 Å². The molecule has 0 fully saturated rings. The van der Waals surface area contributed by atoms with Gasteiger partial charge in [-0.15, -0.1) is 0 Å². The molecule has 0 saturated heterocycles. The Labute approximate surface area is 130 Å². The number of aryl methyl sites for hydroxylation is 1. The first-order valence-electron chi connectivity index (χ1n) is 5.97. The molecule has 0 aliphatic carbocycles. The van der Waals surface area contributed by atoms with E-state index in [9.17, 15) is 0 Å². The fourth-order valence-corrected chi connectivity index (χ4v) is 1.95. The van der Waals surface area contributed by atoms with E-state index in [0.717, 1.165) is 5.56 Å². The molecular formula is C13H9Cl2N5O. The average molecular weight is 322 g/mol. The second kappa shape index (κ2) is 5.67. The van der Waals surface area contributed by atoms with Crippen LogP contribution < -0.4 is 4.74 Å². The number of ether oxygens (including phenoxy) is 1. The molecule has 2 aromatic heterocycles. The Morgan fingerprint density at radius 2 is 2.00 bits per heavy atom. The van der Waals surface area contributed by atoms with Gasteiger partial charge in [-0.3, -0.25) is 0 Å². The van der Waals surface area contributed by atoms with E-state index >= 15 is 0 Å². The third kappa shape index (κ3) is 3.12. The van der Waals surface area contributed by atoms with Crippen molar-refractivity contribution in [2.24, 2.45) is 0 Å². The number of halogens is 2. The number of hydrogen-bond donors (Lipinski definition) is 0. The zero-order chi connectivity index (χ0) is 14.8. The van der Waals surface area contributed by atoms with Crippen LogP contribution in [0.3, 0.4) is 0 Å². The molecule has 1 aromatic carbocycles. The highest BCUT2D eigenvalue weighted by molar-refractivity contribution is 6.32. The van der Waals surface area contributed by atoms with E-state index < -0.39 is 0 Å². The third-order valence-corrected chi connectivity index (χ3v) is 3.05. The molecule has 8 heteroatoms. The summed E-state index contributed by atoms with van der Waals surface area (Å²) in [6, 6.07) is 7.20. The van der Waals surface area contributed by atoms with Gasteiger partial charge in [0.15, 0.2) is 0 Å². The number of hydrogen-bond acceptors (Lipinski definition) is 5. The molecule has 0 radical (unpaired) electrons. The van der Waals surface area contributed by atoms with Gasteiger partial charge in [0.1, 0.15) is 5.75 Å². The lowest BCUT2D eigenvalue weighted by atomic mass is 10.2. The molecule has 0 saturated carbocycles. The summed E-state index contributed by atoms with van der Waals surface area (Å²) in [6.45, 7) is 1.93. The van der Waals surface area contributed by atoms with Gasteiger partial charge in [0.25, 0.3) is 5.95 Å². The van der Waals surface area contributed by atoms with E-state index in [2.05, 4.69) is 20.1 Å². The molecule has 6 nitrogen and oxygen atoms in total. The monoisotopic (exact) mass is 321 g/mol. The molecule has 0 amide bonds. The first-order chi connectivity index (χ1) is 10.1. The zero-order valence-electron chi connectivity index (χ0n) is 10.9. The molecule has 21 heavy (non-hydrogen) atoms. The Morgan fingerprint density at radius 3 is 2.76 bits per heavy atom. The first kappa shape index (κ1) is 13.8. The van der Waals surface area contributed by atoms with Crippen LogP contribution in [-0.2, 0) is 0 Å². The van der Waals surface area contributed by atoms with Crippen molar-refractivity contribution >= 4 is 23.2 Å². The number of nitrogens with zero attached hydrogens (tertiary/aromatic N) is 5. The third-order valence-electron chi connectivity index (χ3n) is 2.57. The fourth-order valence-electron chi connectivity index (χ4n) is 1.64. The van der Waals surface area contributed by atoms with E-state index in [4.69, 9.17) is 27.9 Å². The van der Waals surface area contributed by atoms with Crippen molar-refractivity contribution in [1.82, 2.24) is 24.7 Å². The SMILES string of the molecule is Cc1ccc(Cl)c(Oc2nc(Cl)nc(-n3cccn3)n2)c1. The van der Waals surface area contributed by atoms with E-state index in [1.807, 2.05) is 13.0 Å². The molecule has 0 unspecified atom stereocenters. The van der Waals surface area contributed by atoms with Crippen molar-refractivity contribution in [2.45, 2.75) is 6.92 Å². The van der Waals surface area contributed by atoms with E-state index in [0.29, 0.717) is 10.8 Å². The highest BCUT2D eigenvalue weighted by Gasteiger charge is 2.11. The Balaban J connectivity index is 1.97. The smallest absolute Gasteiger partial charge is 0.328 e. The standard InChI is InChI=1S/C13H9Cl2N5O/c1-8-3-4-9(14)10(7-8)21-13-18-11(15)17-12(19-13)20-6-2-5-16-20/h2-7H,1H3. The molecule has 3 aromatic rings. The predicted molar refractivity (Wildman–Crippen MR) is 78.2 cm³/mol. The maximum Gasteiger partial charge on any atom is 0.328 e. The van der Waals surface area contributed by atoms with Crippen LogP contribution in [0, 0.1) is 6.92 Å². The van der Waals surface area contributed by atoms with Gasteiger partial charge in [-0.05, 0) is 42.3 Å². The minimum absolute atomic E-state index is 0.00859. The molecule has 3 rings (SSSR count). The lowest BCUT2D eigenvalue weighted by molar-refractivity contribution is 0.437. The maximum absolute atomic E-state index is 6.08. The molecule has 2 heterocycles. The van der Waals surface area contributed by atoms with E-state index in [1.54, 1.807) is 30.6 Å². The average Bonchev–Trinajstić information content (AvgIpc) is 2.96. The Morgan fingerprint density at radius 1 is 1.14 bits per heavy atom. The van der Waals surface area contributed by atoms with Crippen molar-refractivity contribution in [2.75, 3.05) is 0 Å². The quantitative estimate of drug-likeness (QED) is 0.739. The second-order valence-electron chi connectivity index (χ2n) is 4.17. The Bertz CT molecular complexity index is 776. The van der Waals surface area contributed by atoms with Crippen molar-refractivity contribution in [3.05, 3.63) is 52.5 Å². The van der Waals surface area contributed by atoms with Gasteiger partial charge in [0, 0.05) is 12.4 Å². The minimum Gasteiger partial charge on any atom is -0.423 e. The lowest BCUT2D eigenvalue weighted by Gasteiger charge is -2.08. The van der Waals surface area contributed by atoms with Gasteiger partial charge in [-0.25, -0.2) is 4.68 Å². The summed E-state index contributed by atoms with van der Waals surface area (Å²) < 4.78 is 7.05. The van der Waals surface area contributed by atoms with Gasteiger partial charge < -0.3 is 4.74 Å². The van der Waals surface area contributed by atoms with Crippen LogP contribution in [0.5, 0.6) is 11.8 Å². The second-order valence-corrected chi connectivity index (χ2v) is 4.92. The number of rotatable bonds is 3. The molecule has 0 aliphatic rings. The lowest BCUT2D eigenvalue weighted by Crippen LogP contribution is -2.05. The summed E-state index contributed by atoms with van der Waals surface area (Å²) in [5.74, 6) is 0.712. The molecular weight excluding hydrogens is 313 g/mol. The van der Waals surface area contributed by atoms with Crippen LogP contribution in [0.15, 0.2) is 36.7 Å². The van der Waals surface area contributed by atoms with Crippen molar-refractivity contribution in [3.63, 3.8) is 0 Å². The summed E-state index contributed by atoms with van der Waals surface area (Å²) >= 11 is 12.0. The first-order valence-corrected chi connectivity index (χ1v) is 6.73. The number of aromatic nitrogens is 5. The van der Waals surface area contributed by atoms with Gasteiger partial charge >= 0.3 is 6.01 Å². The normalized spacial score (nSPS) is 10.6. The summed E-state index contributed by atoms with van der Waals surface area (Å²) in [6.07, 6.45) is 3.30. The maximum atomic E-state index is 6.08. The molecule has 0 N–H and O–H groups in total. The summed E-state index contributed by atoms with van der Waals surface area (Å²) in [4.78, 5) is 12.1. The summed E-state index contributed by atoms with van der Waals surface area (Å²) in [5.41, 5.74) is 1.00. The van der Waals surface area contributed by atoms with Crippen molar-refractivity contribution in [3.8, 4) is 17.7 Å².